The number of rotatable bonds is 9. The minimum atomic E-state index is -0.302. The molecule has 0 saturated carbocycles. The molecule has 0 aliphatic rings. The number of carbonyl (C=O) groups is 1. The van der Waals surface area contributed by atoms with Gasteiger partial charge in [0, 0.05) is 6.20 Å². The van der Waals surface area contributed by atoms with Crippen molar-refractivity contribution in [3.05, 3.63) is 82.9 Å². The summed E-state index contributed by atoms with van der Waals surface area (Å²) in [5.74, 6) is 0.182. The van der Waals surface area contributed by atoms with E-state index >= 15 is 0 Å². The maximum absolute atomic E-state index is 13.3. The van der Waals surface area contributed by atoms with Gasteiger partial charge in [-0.1, -0.05) is 18.2 Å². The molecule has 0 fully saturated rings. The number of benzene rings is 2. The predicted octanol–water partition coefficient (Wildman–Crippen LogP) is 4.10. The molecule has 3 aromatic rings. The molecule has 1 heterocycles. The van der Waals surface area contributed by atoms with E-state index < -0.39 is 0 Å². The van der Waals surface area contributed by atoms with E-state index in [2.05, 4.69) is 16.5 Å². The molecule has 1 amide bonds. The van der Waals surface area contributed by atoms with Crippen molar-refractivity contribution in [2.24, 2.45) is 0 Å². The van der Waals surface area contributed by atoms with Gasteiger partial charge in [-0.3, -0.25) is 4.79 Å². The molecule has 0 bridgehead atoms. The van der Waals surface area contributed by atoms with E-state index in [1.807, 2.05) is 45.0 Å². The molecule has 6 nitrogen and oxygen atoms in total. The molecule has 7 heteroatoms. The lowest BCUT2D eigenvalue weighted by Crippen LogP contribution is -2.31. The Morgan fingerprint density at radius 3 is 2.45 bits per heavy atom. The smallest absolute Gasteiger partial charge is 0.272 e. The average molecular weight is 425 g/mol. The summed E-state index contributed by atoms with van der Waals surface area (Å²) in [7, 11) is 3.95. The minimum absolute atomic E-state index is 0.207. The normalized spacial score (nSPS) is 12.1. The molecule has 0 spiro atoms. The van der Waals surface area contributed by atoms with E-state index in [1.54, 1.807) is 29.1 Å². The lowest BCUT2D eigenvalue weighted by Gasteiger charge is -2.21. The third kappa shape index (κ3) is 6.65. The fourth-order valence-corrected chi connectivity index (χ4v) is 3.35. The van der Waals surface area contributed by atoms with Crippen LogP contribution in [0, 0.1) is 19.7 Å². The number of aryl methyl sites for hydroxylation is 2. The second kappa shape index (κ2) is 10.2. The van der Waals surface area contributed by atoms with Gasteiger partial charge in [-0.15, -0.1) is 0 Å². The molecule has 0 radical (unpaired) electrons. The third-order valence-corrected chi connectivity index (χ3v) is 4.87. The van der Waals surface area contributed by atoms with E-state index in [9.17, 15) is 9.18 Å². The lowest BCUT2D eigenvalue weighted by molar-refractivity contribution is 0.0925. The van der Waals surface area contributed by atoms with Gasteiger partial charge in [0.1, 0.15) is 17.3 Å². The highest BCUT2D eigenvalue weighted by atomic mass is 19.1. The summed E-state index contributed by atoms with van der Waals surface area (Å²) in [6.45, 7) is 5.02. The van der Waals surface area contributed by atoms with Crippen LogP contribution in [0.2, 0.25) is 0 Å². The number of carbonyl (C=O) groups excluding carboxylic acids is 1. The number of nitrogens with one attached hydrogen (secondary N) is 1. The maximum Gasteiger partial charge on any atom is 0.272 e. The maximum atomic E-state index is 13.3. The Balaban J connectivity index is 1.65. The van der Waals surface area contributed by atoms with Crippen LogP contribution in [0.3, 0.4) is 0 Å². The van der Waals surface area contributed by atoms with Crippen molar-refractivity contribution in [3.8, 4) is 5.75 Å². The Hall–Kier alpha value is -3.19. The van der Waals surface area contributed by atoms with Gasteiger partial charge in [-0.2, -0.15) is 5.10 Å². The van der Waals surface area contributed by atoms with Gasteiger partial charge in [-0.25, -0.2) is 9.07 Å². The number of ether oxygens (including phenoxy) is 1. The van der Waals surface area contributed by atoms with Crippen LogP contribution >= 0.6 is 0 Å². The lowest BCUT2D eigenvalue weighted by atomic mass is 10.0. The molecule has 31 heavy (non-hydrogen) atoms. The van der Waals surface area contributed by atoms with Crippen LogP contribution in [0.5, 0.6) is 5.75 Å². The van der Waals surface area contributed by atoms with Gasteiger partial charge < -0.3 is 15.0 Å². The third-order valence-electron chi connectivity index (χ3n) is 4.87. The van der Waals surface area contributed by atoms with Crippen molar-refractivity contribution in [1.82, 2.24) is 20.0 Å². The summed E-state index contributed by atoms with van der Waals surface area (Å²) >= 11 is 0. The molecule has 1 unspecified atom stereocenters. The van der Waals surface area contributed by atoms with E-state index in [0.717, 1.165) is 29.0 Å². The summed E-state index contributed by atoms with van der Waals surface area (Å²) in [6, 6.07) is 13.6. The summed E-state index contributed by atoms with van der Waals surface area (Å²) in [6.07, 6.45) is 2.41. The SMILES string of the molecule is Cc1cc(C)cc(OCn2ccc(C(=O)NC(CCN(C)C)c3ccc(F)cc3)n2)c1. The first-order valence-corrected chi connectivity index (χ1v) is 10.3. The monoisotopic (exact) mass is 424 g/mol. The van der Waals surface area contributed by atoms with Crippen molar-refractivity contribution >= 4 is 5.91 Å². The standard InChI is InChI=1S/C24H29FN4O2/c1-17-13-18(2)15-21(14-17)31-16-29-12-10-23(27-29)24(30)26-22(9-11-28(3)4)19-5-7-20(25)8-6-19/h5-8,10,12-15,22H,9,11,16H2,1-4H3,(H,26,30). The van der Waals surface area contributed by atoms with E-state index in [0.29, 0.717) is 12.1 Å². The Morgan fingerprint density at radius 2 is 1.81 bits per heavy atom. The van der Waals surface area contributed by atoms with Crippen LogP contribution in [0.1, 0.15) is 39.6 Å². The number of hydrogen-bond acceptors (Lipinski definition) is 4. The molecule has 164 valence electrons. The largest absolute Gasteiger partial charge is 0.471 e. The minimum Gasteiger partial charge on any atom is -0.471 e. The topological polar surface area (TPSA) is 59.4 Å². The zero-order valence-electron chi connectivity index (χ0n) is 18.4. The van der Waals surface area contributed by atoms with Crippen molar-refractivity contribution < 1.29 is 13.9 Å². The molecule has 0 saturated heterocycles. The van der Waals surface area contributed by atoms with Gasteiger partial charge in [-0.05, 0) is 87.9 Å². The van der Waals surface area contributed by atoms with Crippen molar-refractivity contribution in [2.75, 3.05) is 20.6 Å². The first-order chi connectivity index (χ1) is 14.8. The Morgan fingerprint density at radius 1 is 1.13 bits per heavy atom. The molecular weight excluding hydrogens is 395 g/mol. The number of hydrogen-bond donors (Lipinski definition) is 1. The van der Waals surface area contributed by atoms with Gasteiger partial charge in [0.05, 0.1) is 6.04 Å². The van der Waals surface area contributed by atoms with Crippen LogP contribution in [0.15, 0.2) is 54.7 Å². The quantitative estimate of drug-likeness (QED) is 0.562. The molecular formula is C24H29FN4O2. The fourth-order valence-electron chi connectivity index (χ4n) is 3.35. The summed E-state index contributed by atoms with van der Waals surface area (Å²) in [5, 5.41) is 7.36. The van der Waals surface area contributed by atoms with Gasteiger partial charge in [0.15, 0.2) is 6.73 Å². The highest BCUT2D eigenvalue weighted by molar-refractivity contribution is 5.92. The fraction of sp³-hybridized carbons (Fsp3) is 0.333. The second-order valence-corrected chi connectivity index (χ2v) is 8.01. The highest BCUT2D eigenvalue weighted by Crippen LogP contribution is 2.19. The molecule has 0 aliphatic heterocycles. The van der Waals surface area contributed by atoms with Crippen LogP contribution in [0.25, 0.3) is 0 Å². The molecule has 0 aliphatic carbocycles. The number of amides is 1. The molecule has 1 N–H and O–H groups in total. The van der Waals surface area contributed by atoms with E-state index in [-0.39, 0.29) is 24.5 Å². The predicted molar refractivity (Wildman–Crippen MR) is 119 cm³/mol. The zero-order chi connectivity index (χ0) is 22.4. The Kier molecular flexibility index (Phi) is 7.41. The van der Waals surface area contributed by atoms with Crippen molar-refractivity contribution in [2.45, 2.75) is 33.0 Å². The van der Waals surface area contributed by atoms with Crippen LogP contribution in [-0.2, 0) is 6.73 Å². The first kappa shape index (κ1) is 22.5. The molecule has 2 aromatic carbocycles. The van der Waals surface area contributed by atoms with Crippen molar-refractivity contribution in [3.63, 3.8) is 0 Å². The Labute approximate surface area is 182 Å². The molecule has 1 atom stereocenters. The number of halogens is 1. The highest BCUT2D eigenvalue weighted by Gasteiger charge is 2.18. The summed E-state index contributed by atoms with van der Waals surface area (Å²) in [5.41, 5.74) is 3.41. The van der Waals surface area contributed by atoms with Gasteiger partial charge >= 0.3 is 0 Å². The number of nitrogens with zero attached hydrogens (tertiary/aromatic N) is 3. The van der Waals surface area contributed by atoms with Crippen molar-refractivity contribution in [1.29, 1.82) is 0 Å². The van der Waals surface area contributed by atoms with Gasteiger partial charge in [0.25, 0.3) is 5.91 Å². The average Bonchev–Trinajstić information content (AvgIpc) is 3.18. The number of aromatic nitrogens is 2. The Bertz CT molecular complexity index is 994. The molecule has 3 rings (SSSR count). The van der Waals surface area contributed by atoms with Crippen LogP contribution < -0.4 is 10.1 Å². The first-order valence-electron chi connectivity index (χ1n) is 10.3. The zero-order valence-corrected chi connectivity index (χ0v) is 18.4. The summed E-state index contributed by atoms with van der Waals surface area (Å²) < 4.78 is 20.7. The van der Waals surface area contributed by atoms with E-state index in [4.69, 9.17) is 4.74 Å². The van der Waals surface area contributed by atoms with Crippen LogP contribution in [0.4, 0.5) is 4.39 Å². The van der Waals surface area contributed by atoms with Gasteiger partial charge in [0.2, 0.25) is 0 Å². The van der Waals surface area contributed by atoms with Crippen LogP contribution in [-0.4, -0.2) is 41.2 Å². The molecule has 1 aromatic heterocycles. The summed E-state index contributed by atoms with van der Waals surface area (Å²) in [4.78, 5) is 14.8. The second-order valence-electron chi connectivity index (χ2n) is 8.01. The van der Waals surface area contributed by atoms with E-state index in [1.165, 1.54) is 12.1 Å².